The third-order valence-electron chi connectivity index (χ3n) is 8.84. The summed E-state index contributed by atoms with van der Waals surface area (Å²) in [6.07, 6.45) is 3.68. The molecule has 0 spiro atoms. The largest absolute Gasteiger partial charge is 0.463 e. The lowest BCUT2D eigenvalue weighted by Gasteiger charge is -2.29. The van der Waals surface area contributed by atoms with Crippen molar-refractivity contribution in [3.05, 3.63) is 60.7 Å². The number of benzene rings is 1. The molecule has 1 aromatic rings. The fourth-order valence-electron chi connectivity index (χ4n) is 5.98. The Labute approximate surface area is 400 Å². The van der Waals surface area contributed by atoms with Crippen molar-refractivity contribution in [3.63, 3.8) is 0 Å². The molecule has 22 heteroatoms. The highest BCUT2D eigenvalue weighted by Gasteiger charge is 2.29. The summed E-state index contributed by atoms with van der Waals surface area (Å²) in [5.74, 6) is -0.581. The van der Waals surface area contributed by atoms with E-state index in [1.54, 1.807) is 13.8 Å². The smallest absolute Gasteiger partial charge is 0.333 e. The Hall–Kier alpha value is -0.257. The molecule has 0 aromatic heterocycles. The summed E-state index contributed by atoms with van der Waals surface area (Å²) >= 11 is 0. The second-order valence-electron chi connectivity index (χ2n) is 19.6. The standard InChI is InChI=1S/C14H34O4Si4.C13H32O4Si4.C13H26O2Si4/c1-13(2)14(15)16-10-9-11-19-17-22(7,8)12-20(3)18-21(4,5)6;1-12(2)13(14)15-9-8-10-18-16-21(6,7)11-20(5)17-19(3)4;1-6-12-7-9-13(10-8-12)17-15-19(4,5)11-16-14-18(2)3/h20H,1,9-12,19H2,2-8H3;19-20H,1,8-11,18H2,2-7H3;6-10,18H,1,11,16-17H2,2-5H3. The minimum Gasteiger partial charge on any atom is -0.463 e. The van der Waals surface area contributed by atoms with Crippen LogP contribution in [0.2, 0.25) is 127 Å². The van der Waals surface area contributed by atoms with Gasteiger partial charge in [-0.1, -0.05) is 50.1 Å². The summed E-state index contributed by atoms with van der Waals surface area (Å²) < 4.78 is 47.1. The van der Waals surface area contributed by atoms with Crippen molar-refractivity contribution < 1.29 is 43.8 Å². The molecular formula is C40H92O10Si12. The normalized spacial score (nSPS) is 13.8. The van der Waals surface area contributed by atoms with Crippen molar-refractivity contribution in [1.82, 2.24) is 0 Å². The van der Waals surface area contributed by atoms with Crippen LogP contribution in [0.4, 0.5) is 0 Å². The number of esters is 2. The summed E-state index contributed by atoms with van der Waals surface area (Å²) in [5.41, 5.74) is 5.74. The maximum Gasteiger partial charge on any atom is 0.333 e. The zero-order chi connectivity index (χ0) is 48.2. The van der Waals surface area contributed by atoms with Crippen LogP contribution in [0.15, 0.2) is 55.1 Å². The van der Waals surface area contributed by atoms with Crippen LogP contribution in [0, 0.1) is 0 Å². The molecule has 0 aliphatic rings. The number of carbonyl (C=O) groups is 2. The Morgan fingerprint density at radius 2 is 1.10 bits per heavy atom. The molecule has 62 heavy (non-hydrogen) atoms. The second-order valence-corrected chi connectivity index (χ2v) is 57.6. The fourth-order valence-corrected chi connectivity index (χ4v) is 47.3. The molecule has 0 amide bonds. The Morgan fingerprint density at radius 1 is 0.645 bits per heavy atom. The number of carbonyl (C=O) groups excluding carboxylic acids is 2. The van der Waals surface area contributed by atoms with Gasteiger partial charge in [0.05, 0.1) is 13.2 Å². The third kappa shape index (κ3) is 40.1. The van der Waals surface area contributed by atoms with Crippen LogP contribution in [0.3, 0.4) is 0 Å². The molecule has 0 fully saturated rings. The predicted octanol–water partition coefficient (Wildman–Crippen LogP) is 6.38. The molecule has 1 aromatic carbocycles. The molecule has 2 unspecified atom stereocenters. The predicted molar refractivity (Wildman–Crippen MR) is 301 cm³/mol. The van der Waals surface area contributed by atoms with E-state index in [1.807, 2.05) is 6.08 Å². The molecule has 0 heterocycles. The monoisotopic (exact) mass is 1070 g/mol. The second kappa shape index (κ2) is 34.1. The van der Waals surface area contributed by atoms with Gasteiger partial charge in [-0.25, -0.2) is 9.59 Å². The number of rotatable bonds is 30. The van der Waals surface area contributed by atoms with Crippen LogP contribution >= 0.6 is 0 Å². The van der Waals surface area contributed by atoms with Gasteiger partial charge in [0.25, 0.3) is 0 Å². The van der Waals surface area contributed by atoms with Gasteiger partial charge in [0.2, 0.25) is 0 Å². The number of ether oxygens (including phenoxy) is 2. The van der Waals surface area contributed by atoms with Gasteiger partial charge in [-0.05, 0) is 165 Å². The van der Waals surface area contributed by atoms with E-state index >= 15 is 0 Å². The van der Waals surface area contributed by atoms with Crippen LogP contribution in [-0.2, 0) is 43.8 Å². The van der Waals surface area contributed by atoms with Gasteiger partial charge in [-0.2, -0.15) is 0 Å². The lowest BCUT2D eigenvalue weighted by atomic mass is 10.2. The maximum atomic E-state index is 11.2. The van der Waals surface area contributed by atoms with E-state index in [1.165, 1.54) is 27.8 Å². The topological polar surface area (TPSA) is 108 Å². The molecule has 360 valence electrons. The van der Waals surface area contributed by atoms with E-state index in [0.29, 0.717) is 24.4 Å². The number of hydrogen-bond donors (Lipinski definition) is 0. The van der Waals surface area contributed by atoms with Crippen LogP contribution in [0.1, 0.15) is 32.3 Å². The first-order valence-corrected chi connectivity index (χ1v) is 51.9. The van der Waals surface area contributed by atoms with Crippen LogP contribution < -0.4 is 5.19 Å². The molecular weight excluding hydrogens is 977 g/mol. The number of hydrogen-bond acceptors (Lipinski definition) is 10. The van der Waals surface area contributed by atoms with Crippen molar-refractivity contribution in [2.45, 2.75) is 154 Å². The van der Waals surface area contributed by atoms with E-state index in [0.717, 1.165) is 24.9 Å². The van der Waals surface area contributed by atoms with Crippen LogP contribution in [0.5, 0.6) is 0 Å². The van der Waals surface area contributed by atoms with Crippen LogP contribution in [-0.4, -0.2) is 134 Å². The minimum absolute atomic E-state index is 0.290. The minimum atomic E-state index is -1.57. The van der Waals surface area contributed by atoms with E-state index in [2.05, 4.69) is 142 Å². The van der Waals surface area contributed by atoms with Gasteiger partial charge in [-0.3, -0.25) is 0 Å². The van der Waals surface area contributed by atoms with Gasteiger partial charge >= 0.3 is 11.9 Å². The van der Waals surface area contributed by atoms with Gasteiger partial charge in [-0.15, -0.1) is 0 Å². The average Bonchev–Trinajstić information content (AvgIpc) is 3.12. The molecule has 0 bridgehead atoms. The summed E-state index contributed by atoms with van der Waals surface area (Å²) in [4.78, 5) is 22.4. The summed E-state index contributed by atoms with van der Waals surface area (Å²) in [6.45, 7) is 49.4. The Morgan fingerprint density at radius 3 is 1.48 bits per heavy atom. The Bertz CT molecular complexity index is 1430. The molecule has 2 atom stereocenters. The SMILES string of the molecule is C=C(C)C(=O)OCCC[SiH2]O[Si](C)(C)C[SiH](C)O[SiH](C)C.C=C(C)C(=O)OCCC[SiH2]O[Si](C)(C)C[SiH](C)O[Si](C)(C)C.C=Cc1ccc([SiH2]O[Si](C)(C)C[SiH2]O[SiH](C)C)cc1. The first-order valence-electron chi connectivity index (χ1n) is 22.7. The molecule has 0 saturated carbocycles. The van der Waals surface area contributed by atoms with E-state index in [9.17, 15) is 9.59 Å². The maximum absolute atomic E-state index is 11.2. The van der Waals surface area contributed by atoms with Gasteiger partial charge in [0.1, 0.15) is 29.3 Å². The van der Waals surface area contributed by atoms with Crippen molar-refractivity contribution in [3.8, 4) is 0 Å². The fraction of sp³-hybridized carbons (Fsp3) is 0.650. The van der Waals surface area contributed by atoms with Gasteiger partial charge in [0.15, 0.2) is 79.2 Å². The van der Waals surface area contributed by atoms with Gasteiger partial charge < -0.3 is 34.2 Å². The molecule has 10 nitrogen and oxygen atoms in total. The lowest BCUT2D eigenvalue weighted by Crippen LogP contribution is -2.42. The van der Waals surface area contributed by atoms with Crippen LogP contribution in [0.25, 0.3) is 6.08 Å². The summed E-state index contributed by atoms with van der Waals surface area (Å²) in [6, 6.07) is 10.7. The molecule has 0 radical (unpaired) electrons. The Balaban J connectivity index is 0. The van der Waals surface area contributed by atoms with E-state index < -0.39 is 98.7 Å². The molecule has 0 N–H and O–H groups in total. The van der Waals surface area contributed by atoms with Crippen molar-refractivity contribution in [2.75, 3.05) is 13.2 Å². The average molecular weight is 1070 g/mol. The van der Waals surface area contributed by atoms with Gasteiger partial charge in [0, 0.05) is 11.1 Å². The first-order chi connectivity index (χ1) is 28.5. The highest BCUT2D eigenvalue weighted by atomic mass is 28.4. The quantitative estimate of drug-likeness (QED) is 0.0373. The summed E-state index contributed by atoms with van der Waals surface area (Å²) in [5, 5.41) is 1.38. The zero-order valence-electron chi connectivity index (χ0n) is 42.6. The molecule has 1 rings (SSSR count). The highest BCUT2D eigenvalue weighted by molar-refractivity contribution is 6.88. The highest BCUT2D eigenvalue weighted by Crippen LogP contribution is 2.18. The molecule has 0 saturated heterocycles. The summed E-state index contributed by atoms with van der Waals surface area (Å²) in [7, 11) is -11.8. The molecule has 0 aliphatic heterocycles. The van der Waals surface area contributed by atoms with Crippen molar-refractivity contribution >= 4 is 132 Å². The molecule has 0 aliphatic carbocycles. The third-order valence-corrected chi connectivity index (χ3v) is 53.0. The van der Waals surface area contributed by atoms with Crippen molar-refractivity contribution in [1.29, 1.82) is 0 Å². The van der Waals surface area contributed by atoms with E-state index in [4.69, 9.17) is 34.2 Å². The Kier molecular flexibility index (Phi) is 35.1. The zero-order valence-corrected chi connectivity index (χ0v) is 56.9. The van der Waals surface area contributed by atoms with E-state index in [-0.39, 0.29) is 21.7 Å². The first kappa shape index (κ1) is 63.8. The van der Waals surface area contributed by atoms with Crippen molar-refractivity contribution in [2.24, 2.45) is 0 Å². The lowest BCUT2D eigenvalue weighted by molar-refractivity contribution is -0.139.